The highest BCUT2D eigenvalue weighted by molar-refractivity contribution is 6.30. The molecule has 28 heavy (non-hydrogen) atoms. The van der Waals surface area contributed by atoms with Crippen molar-refractivity contribution in [3.05, 3.63) is 70.5 Å². The topological polar surface area (TPSA) is 37.3 Å². The van der Waals surface area contributed by atoms with Crippen LogP contribution < -0.4 is 0 Å². The van der Waals surface area contributed by atoms with Crippen molar-refractivity contribution < 1.29 is 18.8 Å². The van der Waals surface area contributed by atoms with Crippen molar-refractivity contribution in [3.63, 3.8) is 0 Å². The summed E-state index contributed by atoms with van der Waals surface area (Å²) in [6.45, 7) is 3.70. The van der Waals surface area contributed by atoms with Crippen LogP contribution in [-0.2, 0) is 5.60 Å². The van der Waals surface area contributed by atoms with E-state index in [0.717, 1.165) is 48.9 Å². The molecule has 0 spiro atoms. The number of fused-ring (bicyclic) bond motifs is 3. The lowest BCUT2D eigenvalue weighted by molar-refractivity contribution is -0.952. The summed E-state index contributed by atoms with van der Waals surface area (Å²) in [6.07, 6.45) is 3.24. The molecule has 2 bridgehead atoms. The largest absolute Gasteiger partial charge is 0.379 e. The molecule has 0 saturated carbocycles. The van der Waals surface area contributed by atoms with Crippen molar-refractivity contribution in [2.75, 3.05) is 26.2 Å². The minimum absolute atomic E-state index is 0.0538. The fraction of sp³-hybridized carbons (Fsp3) is 0.435. The molecule has 3 nitrogen and oxygen atoms in total. The van der Waals surface area contributed by atoms with E-state index in [1.165, 1.54) is 12.1 Å². The molecule has 3 fully saturated rings. The summed E-state index contributed by atoms with van der Waals surface area (Å²) >= 11 is 6.02. The fourth-order valence-corrected chi connectivity index (χ4v) is 5.24. The Morgan fingerprint density at radius 2 is 1.75 bits per heavy atom. The molecule has 2 aromatic rings. The Hall–Kier alpha value is -1.75. The van der Waals surface area contributed by atoms with Crippen molar-refractivity contribution in [3.8, 4) is 0 Å². The van der Waals surface area contributed by atoms with Gasteiger partial charge in [0.25, 0.3) is 0 Å². The smallest absolute Gasteiger partial charge is 0.163 e. The lowest BCUT2D eigenvalue weighted by Crippen LogP contribution is -2.67. The molecular weight excluding hydrogens is 377 g/mol. The minimum Gasteiger partial charge on any atom is -0.379 e. The molecule has 0 aliphatic carbocycles. The first kappa shape index (κ1) is 19.6. The number of ketones is 1. The zero-order chi connectivity index (χ0) is 19.8. The average Bonchev–Trinajstić information content (AvgIpc) is 2.69. The van der Waals surface area contributed by atoms with Gasteiger partial charge in [-0.1, -0.05) is 23.7 Å². The van der Waals surface area contributed by atoms with Crippen LogP contribution in [0.1, 0.15) is 41.6 Å². The Bertz CT molecular complexity index is 844. The molecule has 2 aromatic carbocycles. The average molecular weight is 403 g/mol. The third kappa shape index (κ3) is 3.73. The number of nitrogens with zero attached hydrogens (tertiary/aromatic N) is 1. The summed E-state index contributed by atoms with van der Waals surface area (Å²) in [4.78, 5) is 12.4. The highest BCUT2D eigenvalue weighted by Gasteiger charge is 2.54. The molecule has 0 aromatic heterocycles. The van der Waals surface area contributed by atoms with Crippen LogP contribution in [-0.4, -0.2) is 41.6 Å². The number of carbonyl (C=O) groups is 1. The number of carbonyl (C=O) groups excluding carboxylic acids is 1. The van der Waals surface area contributed by atoms with Gasteiger partial charge in [-0.05, 0) is 42.0 Å². The van der Waals surface area contributed by atoms with Gasteiger partial charge in [0.05, 0.1) is 19.6 Å². The molecular formula is C23H26ClFNO2+. The monoisotopic (exact) mass is 402 g/mol. The fourth-order valence-electron chi connectivity index (χ4n) is 5.11. The van der Waals surface area contributed by atoms with E-state index in [0.29, 0.717) is 23.6 Å². The lowest BCUT2D eigenvalue weighted by atomic mass is 9.70. The molecule has 1 N–H and O–H groups in total. The maximum Gasteiger partial charge on any atom is 0.163 e. The molecule has 3 saturated heterocycles. The summed E-state index contributed by atoms with van der Waals surface area (Å²) in [5.41, 5.74) is 0.699. The second-order valence-electron chi connectivity index (χ2n) is 8.41. The van der Waals surface area contributed by atoms with E-state index < -0.39 is 5.60 Å². The van der Waals surface area contributed by atoms with Gasteiger partial charge >= 0.3 is 0 Å². The third-order valence-corrected chi connectivity index (χ3v) is 6.95. The van der Waals surface area contributed by atoms with Gasteiger partial charge in [0.2, 0.25) is 0 Å². The first-order chi connectivity index (χ1) is 13.4. The van der Waals surface area contributed by atoms with E-state index in [2.05, 4.69) is 0 Å². The van der Waals surface area contributed by atoms with Gasteiger partial charge in [-0.15, -0.1) is 0 Å². The predicted molar refractivity (Wildman–Crippen MR) is 108 cm³/mol. The van der Waals surface area contributed by atoms with Crippen LogP contribution in [0.2, 0.25) is 5.02 Å². The number of hydrogen-bond acceptors (Lipinski definition) is 2. The van der Waals surface area contributed by atoms with Crippen LogP contribution in [0.3, 0.4) is 0 Å². The van der Waals surface area contributed by atoms with Gasteiger partial charge in [0.15, 0.2) is 5.78 Å². The summed E-state index contributed by atoms with van der Waals surface area (Å²) in [7, 11) is 0. The van der Waals surface area contributed by atoms with Crippen LogP contribution in [0, 0.1) is 11.7 Å². The standard InChI is InChI=1S/C23H26ClFNO2/c24-20-7-5-18(6-8-20)23(28)16-26(14-11-19(23)12-15-26)13-1-2-22(27)17-3-9-21(25)10-4-17/h3-10,19,28H,1-2,11-16H2/q+1/t19?,23-,26?/m0/s1. The van der Waals surface area contributed by atoms with E-state index >= 15 is 0 Å². The summed E-state index contributed by atoms with van der Waals surface area (Å²) in [5.74, 6) is 0.0140. The van der Waals surface area contributed by atoms with Crippen molar-refractivity contribution in [2.45, 2.75) is 31.3 Å². The molecule has 0 radical (unpaired) electrons. The Labute approximate surface area is 170 Å². The van der Waals surface area contributed by atoms with Gasteiger partial charge in [0, 0.05) is 42.2 Å². The zero-order valence-electron chi connectivity index (χ0n) is 15.9. The van der Waals surface area contributed by atoms with Crippen LogP contribution >= 0.6 is 11.6 Å². The number of quaternary nitrogens is 1. The lowest BCUT2D eigenvalue weighted by Gasteiger charge is -2.56. The molecule has 1 atom stereocenters. The van der Waals surface area contributed by atoms with E-state index in [9.17, 15) is 14.3 Å². The minimum atomic E-state index is -0.817. The maximum atomic E-state index is 13.0. The van der Waals surface area contributed by atoms with Crippen molar-refractivity contribution >= 4 is 17.4 Å². The Kier molecular flexibility index (Phi) is 5.30. The van der Waals surface area contributed by atoms with Gasteiger partial charge in [-0.25, -0.2) is 4.39 Å². The Morgan fingerprint density at radius 1 is 1.11 bits per heavy atom. The second kappa shape index (κ2) is 7.58. The van der Waals surface area contributed by atoms with Gasteiger partial charge in [-0.2, -0.15) is 0 Å². The second-order valence-corrected chi connectivity index (χ2v) is 8.85. The number of piperidine rings is 3. The van der Waals surface area contributed by atoms with Crippen LogP contribution in [0.25, 0.3) is 0 Å². The normalized spacial score (nSPS) is 29.0. The molecule has 148 valence electrons. The number of halogens is 2. The van der Waals surface area contributed by atoms with Gasteiger partial charge in [0.1, 0.15) is 18.0 Å². The van der Waals surface area contributed by atoms with Crippen molar-refractivity contribution in [2.24, 2.45) is 5.92 Å². The number of Topliss-reactive ketones (excluding diaryl/α,β-unsaturated/α-hetero) is 1. The number of benzene rings is 2. The molecule has 0 amide bonds. The van der Waals surface area contributed by atoms with E-state index in [1.807, 2.05) is 24.3 Å². The van der Waals surface area contributed by atoms with E-state index in [1.54, 1.807) is 12.1 Å². The highest BCUT2D eigenvalue weighted by atomic mass is 35.5. The van der Waals surface area contributed by atoms with E-state index in [4.69, 9.17) is 11.6 Å². The first-order valence-corrected chi connectivity index (χ1v) is 10.4. The van der Waals surface area contributed by atoms with Crippen molar-refractivity contribution in [1.29, 1.82) is 0 Å². The molecule has 5 rings (SSSR count). The van der Waals surface area contributed by atoms with Crippen LogP contribution in [0.5, 0.6) is 0 Å². The SMILES string of the molecule is O=C(CCC[N+]12CCC(CC1)[C@@](O)(c1ccc(Cl)cc1)C2)c1ccc(F)cc1. The van der Waals surface area contributed by atoms with Crippen LogP contribution in [0.4, 0.5) is 4.39 Å². The quantitative estimate of drug-likeness (QED) is 0.567. The molecule has 5 heteroatoms. The molecule has 3 aliphatic rings. The van der Waals surface area contributed by atoms with Gasteiger partial charge < -0.3 is 9.59 Å². The molecule has 3 aliphatic heterocycles. The van der Waals surface area contributed by atoms with Gasteiger partial charge in [-0.3, -0.25) is 4.79 Å². The Balaban J connectivity index is 1.42. The number of hydrogen-bond donors (Lipinski definition) is 1. The Morgan fingerprint density at radius 3 is 2.39 bits per heavy atom. The highest BCUT2D eigenvalue weighted by Crippen LogP contribution is 2.46. The van der Waals surface area contributed by atoms with Crippen LogP contribution in [0.15, 0.2) is 48.5 Å². The molecule has 0 unspecified atom stereocenters. The summed E-state index contributed by atoms with van der Waals surface area (Å²) in [5, 5.41) is 12.2. The summed E-state index contributed by atoms with van der Waals surface area (Å²) < 4.78 is 13.9. The maximum absolute atomic E-state index is 13.0. The summed E-state index contributed by atoms with van der Waals surface area (Å²) in [6, 6.07) is 13.3. The number of rotatable bonds is 6. The van der Waals surface area contributed by atoms with E-state index in [-0.39, 0.29) is 17.5 Å². The number of aliphatic hydroxyl groups is 1. The predicted octanol–water partition coefficient (Wildman–Crippen LogP) is 4.57. The first-order valence-electron chi connectivity index (χ1n) is 10.0. The van der Waals surface area contributed by atoms with Crippen molar-refractivity contribution in [1.82, 2.24) is 0 Å². The zero-order valence-corrected chi connectivity index (χ0v) is 16.7. The third-order valence-electron chi connectivity index (χ3n) is 6.70. The molecule has 3 heterocycles.